The van der Waals surface area contributed by atoms with Crippen LogP contribution in [0.2, 0.25) is 0 Å². The van der Waals surface area contributed by atoms with Gasteiger partial charge >= 0.3 is 0 Å². The van der Waals surface area contributed by atoms with Crippen LogP contribution in [0, 0.1) is 11.6 Å². The van der Waals surface area contributed by atoms with Crippen LogP contribution in [-0.2, 0) is 0 Å². The zero-order valence-electron chi connectivity index (χ0n) is 16.0. The van der Waals surface area contributed by atoms with Crippen molar-refractivity contribution < 1.29 is 13.5 Å². The summed E-state index contributed by atoms with van der Waals surface area (Å²) < 4.78 is 36.5. The summed E-state index contributed by atoms with van der Waals surface area (Å²) in [5, 5.41) is 0. The van der Waals surface area contributed by atoms with Crippen LogP contribution >= 0.6 is 23.7 Å². The molecule has 2 aromatic carbocycles. The first-order valence-electron chi connectivity index (χ1n) is 8.82. The molecule has 1 heterocycles. The molecule has 0 amide bonds. The fourth-order valence-corrected chi connectivity index (χ4v) is 3.81. The highest BCUT2D eigenvalue weighted by Gasteiger charge is 2.17. The van der Waals surface area contributed by atoms with Crippen LogP contribution in [0.5, 0.6) is 11.5 Å². The molecule has 0 atom stereocenters. The molecule has 28 heavy (non-hydrogen) atoms. The number of nitrogens with one attached hydrogen (secondary N) is 1. The first kappa shape index (κ1) is 20.6. The third kappa shape index (κ3) is 5.02. The van der Waals surface area contributed by atoms with Gasteiger partial charge in [0.2, 0.25) is 0 Å². The average molecular weight is 421 g/mol. The molecule has 0 aromatic heterocycles. The zero-order valence-corrected chi connectivity index (χ0v) is 17.6. The Morgan fingerprint density at radius 3 is 2.64 bits per heavy atom. The van der Waals surface area contributed by atoms with E-state index < -0.39 is 11.6 Å². The van der Waals surface area contributed by atoms with Crippen molar-refractivity contribution in [2.75, 3.05) is 30.3 Å². The number of benzene rings is 2. The summed E-state index contributed by atoms with van der Waals surface area (Å²) in [5.41, 5.74) is 2.74. The summed E-state index contributed by atoms with van der Waals surface area (Å²) in [4.78, 5) is 3.32. The maximum Gasteiger partial charge on any atom is 0.168 e. The molecule has 0 unspecified atom stereocenters. The Labute approximate surface area is 173 Å². The van der Waals surface area contributed by atoms with Gasteiger partial charge in [-0.3, -0.25) is 0 Å². The number of nitrogens with zero attached hydrogens (tertiary/aromatic N) is 1. The van der Waals surface area contributed by atoms with E-state index in [9.17, 15) is 8.78 Å². The van der Waals surface area contributed by atoms with Gasteiger partial charge in [-0.25, -0.2) is 8.78 Å². The molecule has 2 aromatic rings. The van der Waals surface area contributed by atoms with Gasteiger partial charge in [0.25, 0.3) is 0 Å². The van der Waals surface area contributed by atoms with Crippen molar-refractivity contribution in [1.29, 1.82) is 0 Å². The van der Waals surface area contributed by atoms with Crippen LogP contribution in [0.25, 0.3) is 5.57 Å². The molecule has 0 bridgehead atoms. The summed E-state index contributed by atoms with van der Waals surface area (Å²) in [6.45, 7) is 2.91. The monoisotopic (exact) mass is 420 g/mol. The lowest BCUT2D eigenvalue weighted by Gasteiger charge is -2.24. The highest BCUT2D eigenvalue weighted by Crippen LogP contribution is 2.37. The Morgan fingerprint density at radius 2 is 1.93 bits per heavy atom. The lowest BCUT2D eigenvalue weighted by Crippen LogP contribution is -2.17. The topological polar surface area (TPSA) is 24.5 Å². The van der Waals surface area contributed by atoms with E-state index >= 15 is 0 Å². The number of ether oxygens (including phenoxy) is 1. The average Bonchev–Trinajstić information content (AvgIpc) is 2.68. The van der Waals surface area contributed by atoms with Crippen LogP contribution in [0.4, 0.5) is 14.5 Å². The van der Waals surface area contributed by atoms with Crippen molar-refractivity contribution in [1.82, 2.24) is 4.90 Å². The Balaban J connectivity index is 2.02. The van der Waals surface area contributed by atoms with E-state index in [2.05, 4.69) is 22.6 Å². The third-order valence-electron chi connectivity index (χ3n) is 4.08. The Morgan fingerprint density at radius 1 is 1.14 bits per heavy atom. The molecular formula is C21H22F2N2OS2. The van der Waals surface area contributed by atoms with E-state index in [1.54, 1.807) is 29.8 Å². The molecule has 1 aliphatic heterocycles. The molecule has 0 fully saturated rings. The standard InChI is InChI=1S/C21H22F2N2OS2/c1-4-28-24-16-6-8-20(26-21-7-5-15(22)10-19(21)23)18(11-16)14-9-17(27-3)13-25(2)12-14/h5-12,24H,4,13H2,1-3H3. The predicted octanol–water partition coefficient (Wildman–Crippen LogP) is 6.37. The number of thioether (sulfide) groups is 1. The molecule has 0 saturated carbocycles. The summed E-state index contributed by atoms with van der Waals surface area (Å²) in [6, 6.07) is 8.98. The number of anilines is 1. The Bertz CT molecular complexity index is 915. The summed E-state index contributed by atoms with van der Waals surface area (Å²) >= 11 is 3.29. The normalized spacial score (nSPS) is 13.8. The molecule has 0 aliphatic carbocycles. The number of likely N-dealkylation sites (N-methyl/N-ethyl adjacent to an activating group) is 1. The molecule has 148 valence electrons. The highest BCUT2D eigenvalue weighted by molar-refractivity contribution is 8.02. The Kier molecular flexibility index (Phi) is 6.91. The second-order valence-corrected chi connectivity index (χ2v) is 8.24. The van der Waals surface area contributed by atoms with Gasteiger partial charge in [-0.15, -0.1) is 11.8 Å². The fourth-order valence-electron chi connectivity index (χ4n) is 2.80. The van der Waals surface area contributed by atoms with Gasteiger partial charge in [0.1, 0.15) is 11.6 Å². The number of hydrogen-bond acceptors (Lipinski definition) is 5. The molecule has 3 nitrogen and oxygen atoms in total. The Hall–Kier alpha value is -2.12. The third-order valence-corrected chi connectivity index (χ3v) is 5.52. The largest absolute Gasteiger partial charge is 0.454 e. The summed E-state index contributed by atoms with van der Waals surface area (Å²) in [7, 11) is 2.01. The lowest BCUT2D eigenvalue weighted by molar-refractivity contribution is 0.436. The van der Waals surface area contributed by atoms with Gasteiger partial charge < -0.3 is 14.4 Å². The van der Waals surface area contributed by atoms with E-state index in [-0.39, 0.29) is 5.75 Å². The van der Waals surface area contributed by atoms with Crippen molar-refractivity contribution in [2.45, 2.75) is 6.92 Å². The van der Waals surface area contributed by atoms with Gasteiger partial charge in [-0.1, -0.05) is 18.9 Å². The van der Waals surface area contributed by atoms with Crippen LogP contribution in [0.1, 0.15) is 12.5 Å². The minimum atomic E-state index is -0.732. The lowest BCUT2D eigenvalue weighted by atomic mass is 10.0. The number of hydrogen-bond donors (Lipinski definition) is 1. The van der Waals surface area contributed by atoms with Crippen molar-refractivity contribution in [3.05, 3.63) is 70.8 Å². The molecule has 0 saturated heterocycles. The van der Waals surface area contributed by atoms with Crippen molar-refractivity contribution in [3.8, 4) is 11.5 Å². The molecule has 7 heteroatoms. The molecule has 0 radical (unpaired) electrons. The van der Waals surface area contributed by atoms with Gasteiger partial charge in [-0.05, 0) is 42.7 Å². The van der Waals surface area contributed by atoms with E-state index in [1.807, 2.05) is 31.6 Å². The van der Waals surface area contributed by atoms with Gasteiger partial charge in [0, 0.05) is 53.3 Å². The van der Waals surface area contributed by atoms with Gasteiger partial charge in [-0.2, -0.15) is 0 Å². The second kappa shape index (κ2) is 9.39. The van der Waals surface area contributed by atoms with Crippen molar-refractivity contribution in [3.63, 3.8) is 0 Å². The van der Waals surface area contributed by atoms with Crippen molar-refractivity contribution in [2.24, 2.45) is 0 Å². The number of rotatable bonds is 7. The highest BCUT2D eigenvalue weighted by atomic mass is 32.2. The van der Waals surface area contributed by atoms with E-state index in [4.69, 9.17) is 4.74 Å². The summed E-state index contributed by atoms with van der Waals surface area (Å²) in [6.07, 6.45) is 6.20. The molecular weight excluding hydrogens is 398 g/mol. The van der Waals surface area contributed by atoms with Gasteiger partial charge in [0.05, 0.1) is 0 Å². The van der Waals surface area contributed by atoms with Crippen LogP contribution in [-0.4, -0.2) is 30.5 Å². The first-order valence-corrected chi connectivity index (χ1v) is 11.0. The molecule has 3 rings (SSSR count). The van der Waals surface area contributed by atoms with E-state index in [1.165, 1.54) is 17.0 Å². The second-order valence-electron chi connectivity index (χ2n) is 6.24. The predicted molar refractivity (Wildman–Crippen MR) is 117 cm³/mol. The minimum absolute atomic E-state index is 0.00914. The number of allylic oxidation sites excluding steroid dienone is 2. The smallest absolute Gasteiger partial charge is 0.168 e. The molecule has 1 N–H and O–H groups in total. The number of halogens is 2. The van der Waals surface area contributed by atoms with E-state index in [0.717, 1.165) is 35.2 Å². The minimum Gasteiger partial charge on any atom is -0.454 e. The van der Waals surface area contributed by atoms with Crippen LogP contribution in [0.15, 0.2) is 53.6 Å². The first-order chi connectivity index (χ1) is 13.5. The summed E-state index contributed by atoms with van der Waals surface area (Å²) in [5.74, 6) is 0.0622. The van der Waals surface area contributed by atoms with Gasteiger partial charge in [0.15, 0.2) is 11.6 Å². The maximum absolute atomic E-state index is 14.1. The van der Waals surface area contributed by atoms with Crippen LogP contribution < -0.4 is 9.46 Å². The SMILES string of the molecule is CCSNc1ccc(Oc2ccc(F)cc2F)c(C2=CN(C)CC(SC)=C2)c1. The van der Waals surface area contributed by atoms with E-state index in [0.29, 0.717) is 5.75 Å². The van der Waals surface area contributed by atoms with Crippen LogP contribution in [0.3, 0.4) is 0 Å². The maximum atomic E-state index is 14.1. The van der Waals surface area contributed by atoms with Crippen molar-refractivity contribution >= 4 is 35.0 Å². The molecule has 1 aliphatic rings. The quantitative estimate of drug-likeness (QED) is 0.525. The zero-order chi connectivity index (χ0) is 20.1. The fraction of sp³-hybridized carbons (Fsp3) is 0.238. The molecule has 0 spiro atoms.